The fourth-order valence-corrected chi connectivity index (χ4v) is 3.00. The third-order valence-corrected chi connectivity index (χ3v) is 4.44. The zero-order chi connectivity index (χ0) is 19.2. The molecule has 5 nitrogen and oxygen atoms in total. The maximum atomic E-state index is 11.4. The van der Waals surface area contributed by atoms with Gasteiger partial charge in [0.15, 0.2) is 5.82 Å². The summed E-state index contributed by atoms with van der Waals surface area (Å²) in [5, 5.41) is 14.0. The summed E-state index contributed by atoms with van der Waals surface area (Å²) in [6, 6.07) is 15.0. The van der Waals surface area contributed by atoms with Crippen LogP contribution in [-0.2, 0) is 19.4 Å². The fraction of sp³-hybridized carbons (Fsp3) is 0.227. The van der Waals surface area contributed by atoms with E-state index in [4.69, 9.17) is 0 Å². The molecule has 0 aliphatic heterocycles. The number of aromatic nitrogens is 3. The molecule has 0 aliphatic carbocycles. The second-order valence-corrected chi connectivity index (χ2v) is 6.33. The van der Waals surface area contributed by atoms with Crippen molar-refractivity contribution in [1.82, 2.24) is 14.8 Å². The van der Waals surface area contributed by atoms with Gasteiger partial charge >= 0.3 is 5.97 Å². The Morgan fingerprint density at radius 3 is 2.59 bits per heavy atom. The van der Waals surface area contributed by atoms with Crippen LogP contribution >= 0.6 is 0 Å². The second kappa shape index (κ2) is 8.45. The smallest absolute Gasteiger partial charge is 0.336 e. The Bertz CT molecular complexity index is 942. The zero-order valence-corrected chi connectivity index (χ0v) is 15.4. The first-order valence-electron chi connectivity index (χ1n) is 9.07. The van der Waals surface area contributed by atoms with E-state index >= 15 is 0 Å². The lowest BCUT2D eigenvalue weighted by Crippen LogP contribution is -2.07. The van der Waals surface area contributed by atoms with Gasteiger partial charge in [0, 0.05) is 12.8 Å². The molecule has 0 radical (unpaired) electrons. The molecule has 5 heteroatoms. The maximum Gasteiger partial charge on any atom is 0.336 e. The van der Waals surface area contributed by atoms with Crippen LogP contribution in [0.3, 0.4) is 0 Å². The van der Waals surface area contributed by atoms with Crippen LogP contribution in [0.1, 0.15) is 40.9 Å². The number of aryl methyl sites for hydroxylation is 2. The number of nitrogens with zero attached hydrogens (tertiary/aromatic N) is 3. The molecule has 0 unspecified atom stereocenters. The molecule has 0 fully saturated rings. The van der Waals surface area contributed by atoms with Crippen molar-refractivity contribution in [3.8, 4) is 11.1 Å². The summed E-state index contributed by atoms with van der Waals surface area (Å²) in [6.45, 7) is 6.46. The number of carboxylic acids is 1. The van der Waals surface area contributed by atoms with Crippen molar-refractivity contribution >= 4 is 5.97 Å². The first kappa shape index (κ1) is 18.6. The molecule has 1 N–H and O–H groups in total. The highest BCUT2D eigenvalue weighted by Gasteiger charge is 2.12. The second-order valence-electron chi connectivity index (χ2n) is 6.33. The Balaban J connectivity index is 1.84. The third-order valence-electron chi connectivity index (χ3n) is 4.44. The van der Waals surface area contributed by atoms with Crippen molar-refractivity contribution in [2.45, 2.75) is 32.7 Å². The molecule has 3 aromatic rings. The van der Waals surface area contributed by atoms with Gasteiger partial charge in [-0.25, -0.2) is 14.5 Å². The molecule has 0 amide bonds. The Kier molecular flexibility index (Phi) is 5.81. The molecule has 0 aliphatic rings. The van der Waals surface area contributed by atoms with E-state index in [0.717, 1.165) is 47.6 Å². The molecule has 2 aromatic carbocycles. The number of rotatable bonds is 8. The first-order chi connectivity index (χ1) is 13.1. The van der Waals surface area contributed by atoms with Gasteiger partial charge in [-0.2, -0.15) is 5.10 Å². The summed E-state index contributed by atoms with van der Waals surface area (Å²) in [6.07, 6.45) is 4.38. The van der Waals surface area contributed by atoms with Crippen LogP contribution in [0.15, 0.2) is 61.2 Å². The summed E-state index contributed by atoms with van der Waals surface area (Å²) in [4.78, 5) is 16.0. The van der Waals surface area contributed by atoms with Crippen LogP contribution < -0.4 is 0 Å². The lowest BCUT2D eigenvalue weighted by molar-refractivity contribution is 0.0697. The summed E-state index contributed by atoms with van der Waals surface area (Å²) in [7, 11) is 0. The topological polar surface area (TPSA) is 68.0 Å². The van der Waals surface area contributed by atoms with Crippen LogP contribution in [0, 0.1) is 0 Å². The normalized spacial score (nSPS) is 10.7. The predicted molar refractivity (Wildman–Crippen MR) is 106 cm³/mol. The molecule has 27 heavy (non-hydrogen) atoms. The van der Waals surface area contributed by atoms with Crippen LogP contribution in [0.2, 0.25) is 0 Å². The van der Waals surface area contributed by atoms with Crippen molar-refractivity contribution in [3.05, 3.63) is 84.0 Å². The molecule has 1 aromatic heterocycles. The maximum absolute atomic E-state index is 11.4. The molecule has 0 saturated carbocycles. The van der Waals surface area contributed by atoms with Gasteiger partial charge in [-0.15, -0.1) is 6.58 Å². The van der Waals surface area contributed by atoms with E-state index in [0.29, 0.717) is 12.1 Å². The summed E-state index contributed by atoms with van der Waals surface area (Å²) in [5.41, 5.74) is 3.01. The number of carbonyl (C=O) groups is 1. The van der Waals surface area contributed by atoms with Crippen molar-refractivity contribution in [3.63, 3.8) is 0 Å². The SMILES string of the molecule is C=CCCc1nc(CC)nn1Cc1ccc(-c2ccccc2C(=O)O)cc1. The van der Waals surface area contributed by atoms with E-state index < -0.39 is 5.97 Å². The number of carboxylic acid groups (broad SMARTS) is 1. The van der Waals surface area contributed by atoms with Gasteiger partial charge in [0.05, 0.1) is 12.1 Å². The molecule has 0 saturated heterocycles. The highest BCUT2D eigenvalue weighted by atomic mass is 16.4. The van der Waals surface area contributed by atoms with E-state index in [1.54, 1.807) is 12.1 Å². The van der Waals surface area contributed by atoms with Crippen molar-refractivity contribution in [1.29, 1.82) is 0 Å². The van der Waals surface area contributed by atoms with E-state index in [9.17, 15) is 9.90 Å². The molecular weight excluding hydrogens is 338 g/mol. The predicted octanol–water partition coefficient (Wildman–Crippen LogP) is 4.37. The summed E-state index contributed by atoms with van der Waals surface area (Å²) in [5.74, 6) is 0.893. The quantitative estimate of drug-likeness (QED) is 0.605. The average Bonchev–Trinajstić information content (AvgIpc) is 3.08. The van der Waals surface area contributed by atoms with Crippen molar-refractivity contribution in [2.75, 3.05) is 0 Å². The number of benzene rings is 2. The van der Waals surface area contributed by atoms with Gasteiger partial charge in [0.2, 0.25) is 0 Å². The molecule has 0 spiro atoms. The van der Waals surface area contributed by atoms with Gasteiger partial charge in [-0.1, -0.05) is 55.5 Å². The number of hydrogen-bond acceptors (Lipinski definition) is 3. The van der Waals surface area contributed by atoms with Gasteiger partial charge in [0.1, 0.15) is 5.82 Å². The van der Waals surface area contributed by atoms with Gasteiger partial charge in [-0.05, 0) is 29.2 Å². The number of allylic oxidation sites excluding steroid dienone is 1. The fourth-order valence-electron chi connectivity index (χ4n) is 3.00. The van der Waals surface area contributed by atoms with Crippen molar-refractivity contribution < 1.29 is 9.90 Å². The van der Waals surface area contributed by atoms with Crippen LogP contribution in [0.25, 0.3) is 11.1 Å². The molecule has 0 atom stereocenters. The minimum Gasteiger partial charge on any atom is -0.478 e. The van der Waals surface area contributed by atoms with Gasteiger partial charge < -0.3 is 5.11 Å². The van der Waals surface area contributed by atoms with E-state index in [1.165, 1.54) is 0 Å². The molecular formula is C22H23N3O2. The monoisotopic (exact) mass is 361 g/mol. The van der Waals surface area contributed by atoms with Gasteiger partial charge in [-0.3, -0.25) is 0 Å². The lowest BCUT2D eigenvalue weighted by atomic mass is 9.99. The standard InChI is InChI=1S/C22H23N3O2/c1-3-5-10-21-23-20(4-2)24-25(21)15-16-11-13-17(14-12-16)18-8-6-7-9-19(18)22(26)27/h3,6-9,11-14H,1,4-5,10,15H2,2H3,(H,26,27). The van der Waals surface area contributed by atoms with Crippen molar-refractivity contribution in [2.24, 2.45) is 0 Å². The van der Waals surface area contributed by atoms with E-state index in [-0.39, 0.29) is 0 Å². The highest BCUT2D eigenvalue weighted by Crippen LogP contribution is 2.24. The molecule has 3 rings (SSSR count). The third kappa shape index (κ3) is 4.31. The Hall–Kier alpha value is -3.21. The van der Waals surface area contributed by atoms with E-state index in [1.807, 2.05) is 54.1 Å². The molecule has 0 bridgehead atoms. The Morgan fingerprint density at radius 2 is 1.93 bits per heavy atom. The Morgan fingerprint density at radius 1 is 1.19 bits per heavy atom. The first-order valence-corrected chi connectivity index (χ1v) is 9.07. The van der Waals surface area contributed by atoms with Crippen LogP contribution in [-0.4, -0.2) is 25.8 Å². The summed E-state index contributed by atoms with van der Waals surface area (Å²) < 4.78 is 1.95. The van der Waals surface area contributed by atoms with Crippen LogP contribution in [0.4, 0.5) is 0 Å². The average molecular weight is 361 g/mol. The minimum absolute atomic E-state index is 0.306. The zero-order valence-electron chi connectivity index (χ0n) is 15.4. The van der Waals surface area contributed by atoms with Gasteiger partial charge in [0.25, 0.3) is 0 Å². The minimum atomic E-state index is -0.920. The van der Waals surface area contributed by atoms with E-state index in [2.05, 4.69) is 16.7 Å². The number of aromatic carboxylic acids is 1. The van der Waals surface area contributed by atoms with Crippen LogP contribution in [0.5, 0.6) is 0 Å². The largest absolute Gasteiger partial charge is 0.478 e. The lowest BCUT2D eigenvalue weighted by Gasteiger charge is -2.09. The highest BCUT2D eigenvalue weighted by molar-refractivity contribution is 5.95. The summed E-state index contributed by atoms with van der Waals surface area (Å²) >= 11 is 0. The Labute approximate surface area is 159 Å². The molecule has 138 valence electrons. The number of hydrogen-bond donors (Lipinski definition) is 1. The molecule has 1 heterocycles.